The molecule has 0 fully saturated rings. The van der Waals surface area contributed by atoms with Gasteiger partial charge >= 0.3 is 11.7 Å². The SMILES string of the molecule is Cc1c[nH]c(=O)n1-c1ccc(C(=O)OCC(N)=O)cc1. The number of rotatable bonds is 4. The number of aromatic nitrogens is 2. The molecule has 0 aliphatic carbocycles. The molecule has 104 valence electrons. The molecule has 0 saturated carbocycles. The lowest BCUT2D eigenvalue weighted by Gasteiger charge is -2.06. The molecule has 1 amide bonds. The highest BCUT2D eigenvalue weighted by Crippen LogP contribution is 2.10. The molecule has 3 N–H and O–H groups in total. The zero-order chi connectivity index (χ0) is 14.7. The fourth-order valence-corrected chi connectivity index (χ4v) is 1.74. The van der Waals surface area contributed by atoms with Gasteiger partial charge in [-0.25, -0.2) is 9.59 Å². The van der Waals surface area contributed by atoms with Crippen molar-refractivity contribution in [2.24, 2.45) is 5.73 Å². The number of benzene rings is 1. The number of aromatic amines is 1. The summed E-state index contributed by atoms with van der Waals surface area (Å²) in [5.74, 6) is -1.36. The van der Waals surface area contributed by atoms with Gasteiger partial charge in [-0.3, -0.25) is 9.36 Å². The molecule has 0 aliphatic heterocycles. The second-order valence-electron chi connectivity index (χ2n) is 4.16. The zero-order valence-corrected chi connectivity index (χ0v) is 10.8. The normalized spacial score (nSPS) is 10.2. The van der Waals surface area contributed by atoms with Crippen LogP contribution in [0.2, 0.25) is 0 Å². The monoisotopic (exact) mass is 275 g/mol. The van der Waals surface area contributed by atoms with Crippen LogP contribution in [0.4, 0.5) is 0 Å². The second-order valence-corrected chi connectivity index (χ2v) is 4.16. The van der Waals surface area contributed by atoms with Crippen molar-refractivity contribution in [3.05, 3.63) is 52.2 Å². The van der Waals surface area contributed by atoms with E-state index in [1.165, 1.54) is 16.7 Å². The minimum atomic E-state index is -0.718. The molecule has 2 rings (SSSR count). The summed E-state index contributed by atoms with van der Waals surface area (Å²) in [6.45, 7) is 1.32. The molecule has 0 atom stereocenters. The van der Waals surface area contributed by atoms with Gasteiger partial charge in [0.1, 0.15) is 0 Å². The highest BCUT2D eigenvalue weighted by Gasteiger charge is 2.10. The van der Waals surface area contributed by atoms with Gasteiger partial charge in [0.2, 0.25) is 0 Å². The molecule has 0 saturated heterocycles. The molecule has 0 spiro atoms. The van der Waals surface area contributed by atoms with Gasteiger partial charge in [-0.1, -0.05) is 0 Å². The molecule has 7 heteroatoms. The van der Waals surface area contributed by atoms with Crippen LogP contribution in [-0.2, 0) is 9.53 Å². The molecule has 1 aromatic heterocycles. The minimum Gasteiger partial charge on any atom is -0.452 e. The molecule has 0 aliphatic rings. The van der Waals surface area contributed by atoms with Crippen molar-refractivity contribution in [3.63, 3.8) is 0 Å². The van der Waals surface area contributed by atoms with Crippen molar-refractivity contribution in [1.29, 1.82) is 0 Å². The number of nitrogens with zero attached hydrogens (tertiary/aromatic N) is 1. The van der Waals surface area contributed by atoms with E-state index >= 15 is 0 Å². The fourth-order valence-electron chi connectivity index (χ4n) is 1.74. The Balaban J connectivity index is 2.21. The maximum Gasteiger partial charge on any atom is 0.338 e. The fraction of sp³-hybridized carbons (Fsp3) is 0.154. The van der Waals surface area contributed by atoms with Crippen molar-refractivity contribution in [2.75, 3.05) is 6.61 Å². The number of nitrogens with one attached hydrogen (secondary N) is 1. The van der Waals surface area contributed by atoms with Gasteiger partial charge in [-0.05, 0) is 31.2 Å². The van der Waals surface area contributed by atoms with Gasteiger partial charge in [0.15, 0.2) is 6.61 Å². The first-order valence-corrected chi connectivity index (χ1v) is 5.82. The minimum absolute atomic E-state index is 0.258. The predicted molar refractivity (Wildman–Crippen MR) is 70.6 cm³/mol. The van der Waals surface area contributed by atoms with Crippen molar-refractivity contribution in [2.45, 2.75) is 6.92 Å². The average Bonchev–Trinajstić information content (AvgIpc) is 2.76. The first-order valence-electron chi connectivity index (χ1n) is 5.82. The van der Waals surface area contributed by atoms with Crippen LogP contribution in [0.1, 0.15) is 16.1 Å². The number of carbonyl (C=O) groups excluding carboxylic acids is 2. The second kappa shape index (κ2) is 5.43. The van der Waals surface area contributed by atoms with Crippen molar-refractivity contribution in [3.8, 4) is 5.69 Å². The largest absolute Gasteiger partial charge is 0.452 e. The smallest absolute Gasteiger partial charge is 0.338 e. The number of primary amides is 1. The lowest BCUT2D eigenvalue weighted by atomic mass is 10.2. The molecule has 0 radical (unpaired) electrons. The van der Waals surface area contributed by atoms with Crippen molar-refractivity contribution in [1.82, 2.24) is 9.55 Å². The molecule has 20 heavy (non-hydrogen) atoms. The third-order valence-corrected chi connectivity index (χ3v) is 2.67. The lowest BCUT2D eigenvalue weighted by Crippen LogP contribution is -2.21. The average molecular weight is 275 g/mol. The van der Waals surface area contributed by atoms with Gasteiger partial charge in [0.25, 0.3) is 5.91 Å². The number of amides is 1. The van der Waals surface area contributed by atoms with E-state index in [-0.39, 0.29) is 11.3 Å². The van der Waals surface area contributed by atoms with Crippen LogP contribution in [0.5, 0.6) is 0 Å². The predicted octanol–water partition coefficient (Wildman–Crippen LogP) is 0.116. The first kappa shape index (κ1) is 13.6. The van der Waals surface area contributed by atoms with E-state index in [9.17, 15) is 14.4 Å². The summed E-state index contributed by atoms with van der Waals surface area (Å²) < 4.78 is 6.15. The Bertz CT molecular complexity index is 697. The highest BCUT2D eigenvalue weighted by molar-refractivity contribution is 5.91. The molecule has 1 heterocycles. The van der Waals surface area contributed by atoms with E-state index in [1.807, 2.05) is 0 Å². The van der Waals surface area contributed by atoms with Gasteiger partial charge in [0, 0.05) is 11.9 Å². The van der Waals surface area contributed by atoms with Crippen LogP contribution in [-0.4, -0.2) is 28.0 Å². The van der Waals surface area contributed by atoms with Crippen LogP contribution in [0.15, 0.2) is 35.3 Å². The molecular formula is C13H13N3O4. The number of hydrogen-bond acceptors (Lipinski definition) is 4. The number of hydrogen-bond donors (Lipinski definition) is 2. The molecule has 7 nitrogen and oxygen atoms in total. The number of aryl methyl sites for hydroxylation is 1. The van der Waals surface area contributed by atoms with Gasteiger partial charge < -0.3 is 15.5 Å². The molecule has 1 aromatic carbocycles. The van der Waals surface area contributed by atoms with Crippen LogP contribution in [0, 0.1) is 6.92 Å². The Morgan fingerprint density at radius 3 is 2.45 bits per heavy atom. The quantitative estimate of drug-likeness (QED) is 0.772. The number of H-pyrrole nitrogens is 1. The highest BCUT2D eigenvalue weighted by atomic mass is 16.5. The Kier molecular flexibility index (Phi) is 3.69. The summed E-state index contributed by atoms with van der Waals surface area (Å²) >= 11 is 0. The number of nitrogens with two attached hydrogens (primary N) is 1. The summed E-state index contributed by atoms with van der Waals surface area (Å²) in [6, 6.07) is 6.25. The summed E-state index contributed by atoms with van der Waals surface area (Å²) in [6.07, 6.45) is 1.59. The Hall–Kier alpha value is -2.83. The number of esters is 1. The number of imidazole rings is 1. The third-order valence-electron chi connectivity index (χ3n) is 2.67. The van der Waals surface area contributed by atoms with Gasteiger partial charge in [-0.2, -0.15) is 0 Å². The molecule has 0 unspecified atom stereocenters. The summed E-state index contributed by atoms with van der Waals surface area (Å²) in [4.78, 5) is 36.3. The third kappa shape index (κ3) is 2.77. The Labute approximate surface area is 114 Å². The van der Waals surface area contributed by atoms with Gasteiger partial charge in [0.05, 0.1) is 11.3 Å². The zero-order valence-electron chi connectivity index (χ0n) is 10.8. The van der Waals surface area contributed by atoms with E-state index < -0.39 is 18.5 Å². The summed E-state index contributed by atoms with van der Waals surface area (Å²) in [5, 5.41) is 0. The summed E-state index contributed by atoms with van der Waals surface area (Å²) in [5.41, 5.74) is 6.27. The van der Waals surface area contributed by atoms with E-state index in [4.69, 9.17) is 5.73 Å². The van der Waals surface area contributed by atoms with E-state index in [0.717, 1.165) is 5.69 Å². The maximum absolute atomic E-state index is 11.6. The van der Waals surface area contributed by atoms with E-state index in [0.29, 0.717) is 5.69 Å². The maximum atomic E-state index is 11.6. The van der Waals surface area contributed by atoms with Crippen LogP contribution in [0.25, 0.3) is 5.69 Å². The van der Waals surface area contributed by atoms with Crippen LogP contribution in [0.3, 0.4) is 0 Å². The molecule has 0 bridgehead atoms. The summed E-state index contributed by atoms with van der Waals surface area (Å²) in [7, 11) is 0. The van der Waals surface area contributed by atoms with Gasteiger partial charge in [-0.15, -0.1) is 0 Å². The van der Waals surface area contributed by atoms with Crippen LogP contribution >= 0.6 is 0 Å². The van der Waals surface area contributed by atoms with Crippen LogP contribution < -0.4 is 11.4 Å². The topological polar surface area (TPSA) is 107 Å². The standard InChI is InChI=1S/C13H13N3O4/c1-8-6-15-13(19)16(8)10-4-2-9(3-5-10)12(18)20-7-11(14)17/h2-6H,7H2,1H3,(H2,14,17)(H,15,19). The van der Waals surface area contributed by atoms with E-state index in [1.54, 1.807) is 25.3 Å². The van der Waals surface area contributed by atoms with E-state index in [2.05, 4.69) is 9.72 Å². The number of ether oxygens (including phenoxy) is 1. The lowest BCUT2D eigenvalue weighted by molar-refractivity contribution is -0.121. The van der Waals surface area contributed by atoms with Crippen molar-refractivity contribution < 1.29 is 14.3 Å². The molecular weight excluding hydrogens is 262 g/mol. The molecule has 2 aromatic rings. The number of carbonyl (C=O) groups is 2. The Morgan fingerprint density at radius 2 is 1.95 bits per heavy atom. The first-order chi connectivity index (χ1) is 9.49. The Morgan fingerprint density at radius 1 is 1.30 bits per heavy atom. The van der Waals surface area contributed by atoms with Crippen molar-refractivity contribution >= 4 is 11.9 Å².